The maximum Gasteiger partial charge on any atom is 0.254 e. The topological polar surface area (TPSA) is 67.9 Å². The number of benzene rings is 1. The summed E-state index contributed by atoms with van der Waals surface area (Å²) in [7, 11) is 0. The molecule has 3 rings (SSSR count). The van der Waals surface area contributed by atoms with Crippen molar-refractivity contribution in [1.29, 1.82) is 0 Å². The molecule has 0 aliphatic carbocycles. The van der Waals surface area contributed by atoms with Gasteiger partial charge in [0.2, 0.25) is 5.91 Å². The molecule has 1 aromatic rings. The summed E-state index contributed by atoms with van der Waals surface area (Å²) >= 11 is 6.31. The van der Waals surface area contributed by atoms with Gasteiger partial charge in [0.1, 0.15) is 0 Å². The number of hydrogen-bond donors (Lipinski definition) is 1. The monoisotopic (exact) mass is 394 g/mol. The predicted molar refractivity (Wildman–Crippen MR) is 104 cm³/mol. The SMILES string of the molecule is CCCCNC(=O)C1CCCN(C(=O)c2cc(Cl)c3c(c2)OCCCO3)C1. The Labute approximate surface area is 165 Å². The largest absolute Gasteiger partial charge is 0.489 e. The molecule has 1 unspecified atom stereocenters. The van der Waals surface area contributed by atoms with Crippen LogP contribution in [-0.4, -0.2) is 49.6 Å². The number of nitrogens with one attached hydrogen (secondary N) is 1. The Morgan fingerprint density at radius 2 is 2.07 bits per heavy atom. The molecular formula is C20H27ClN2O4. The number of amides is 2. The second-order valence-corrected chi connectivity index (χ2v) is 7.48. The number of nitrogens with zero attached hydrogens (tertiary/aromatic N) is 1. The van der Waals surface area contributed by atoms with Crippen molar-refractivity contribution in [3.63, 3.8) is 0 Å². The first-order valence-electron chi connectivity index (χ1n) is 9.76. The van der Waals surface area contributed by atoms with Gasteiger partial charge in [0.05, 0.1) is 24.2 Å². The number of likely N-dealkylation sites (tertiary alicyclic amines) is 1. The van der Waals surface area contributed by atoms with Gasteiger partial charge in [-0.3, -0.25) is 9.59 Å². The lowest BCUT2D eigenvalue weighted by atomic mass is 9.96. The number of rotatable bonds is 5. The van der Waals surface area contributed by atoms with Crippen LogP contribution in [0.15, 0.2) is 12.1 Å². The third-order valence-electron chi connectivity index (χ3n) is 4.96. The molecule has 1 saturated heterocycles. The van der Waals surface area contributed by atoms with Crippen LogP contribution in [0.3, 0.4) is 0 Å². The van der Waals surface area contributed by atoms with Crippen molar-refractivity contribution in [2.24, 2.45) is 5.92 Å². The van der Waals surface area contributed by atoms with Gasteiger partial charge in [0, 0.05) is 31.6 Å². The summed E-state index contributed by atoms with van der Waals surface area (Å²) in [6.45, 7) is 4.93. The average Bonchev–Trinajstić information content (AvgIpc) is 2.93. The fraction of sp³-hybridized carbons (Fsp3) is 0.600. The molecular weight excluding hydrogens is 368 g/mol. The van der Waals surface area contributed by atoms with Crippen LogP contribution >= 0.6 is 11.6 Å². The van der Waals surface area contributed by atoms with Gasteiger partial charge < -0.3 is 19.7 Å². The van der Waals surface area contributed by atoms with E-state index in [0.29, 0.717) is 54.9 Å². The highest BCUT2D eigenvalue weighted by Crippen LogP contribution is 2.38. The van der Waals surface area contributed by atoms with Crippen LogP contribution in [0.1, 0.15) is 49.4 Å². The summed E-state index contributed by atoms with van der Waals surface area (Å²) in [5.41, 5.74) is 0.469. The van der Waals surface area contributed by atoms with Crippen molar-refractivity contribution in [1.82, 2.24) is 10.2 Å². The van der Waals surface area contributed by atoms with Gasteiger partial charge in [0.15, 0.2) is 11.5 Å². The molecule has 148 valence electrons. The zero-order valence-corrected chi connectivity index (χ0v) is 16.5. The van der Waals surface area contributed by atoms with Gasteiger partial charge in [0.25, 0.3) is 5.91 Å². The maximum atomic E-state index is 13.0. The van der Waals surface area contributed by atoms with Crippen LogP contribution in [0.25, 0.3) is 0 Å². The summed E-state index contributed by atoms with van der Waals surface area (Å²) < 4.78 is 11.3. The Morgan fingerprint density at radius 1 is 1.26 bits per heavy atom. The van der Waals surface area contributed by atoms with Crippen LogP contribution in [0.5, 0.6) is 11.5 Å². The normalized spacial score (nSPS) is 19.3. The number of fused-ring (bicyclic) bond motifs is 1. The highest BCUT2D eigenvalue weighted by atomic mass is 35.5. The lowest BCUT2D eigenvalue weighted by molar-refractivity contribution is -0.126. The van der Waals surface area contributed by atoms with E-state index < -0.39 is 0 Å². The minimum Gasteiger partial charge on any atom is -0.489 e. The Hall–Kier alpha value is -1.95. The Balaban J connectivity index is 1.69. The average molecular weight is 395 g/mol. The van der Waals surface area contributed by atoms with Crippen molar-refractivity contribution in [2.45, 2.75) is 39.0 Å². The summed E-state index contributed by atoms with van der Waals surface area (Å²) in [6.07, 6.45) is 4.41. The van der Waals surface area contributed by atoms with Gasteiger partial charge in [-0.05, 0) is 31.4 Å². The van der Waals surface area contributed by atoms with Crippen LogP contribution in [0, 0.1) is 5.92 Å². The minimum atomic E-state index is -0.157. The lowest BCUT2D eigenvalue weighted by Gasteiger charge is -2.32. The standard InChI is InChI=1S/C20H27ClN2O4/c1-2-3-7-22-19(24)14-6-4-8-23(13-14)20(25)15-11-16(21)18-17(12-15)26-9-5-10-27-18/h11-12,14H,2-10,13H2,1H3,(H,22,24). The van der Waals surface area contributed by atoms with E-state index in [0.717, 1.165) is 32.1 Å². The number of unbranched alkanes of at least 4 members (excludes halogenated alkanes) is 1. The van der Waals surface area contributed by atoms with E-state index >= 15 is 0 Å². The van der Waals surface area contributed by atoms with Gasteiger partial charge in [-0.15, -0.1) is 0 Å². The molecule has 1 fully saturated rings. The van der Waals surface area contributed by atoms with E-state index in [4.69, 9.17) is 21.1 Å². The van der Waals surface area contributed by atoms with Crippen LogP contribution in [0.4, 0.5) is 0 Å². The molecule has 2 heterocycles. The molecule has 1 aromatic carbocycles. The smallest absolute Gasteiger partial charge is 0.254 e. The van der Waals surface area contributed by atoms with Crippen LogP contribution in [-0.2, 0) is 4.79 Å². The second kappa shape index (κ2) is 9.31. The number of carbonyl (C=O) groups is 2. The van der Waals surface area contributed by atoms with Gasteiger partial charge >= 0.3 is 0 Å². The third kappa shape index (κ3) is 4.86. The summed E-state index contributed by atoms with van der Waals surface area (Å²) in [4.78, 5) is 27.1. The minimum absolute atomic E-state index is 0.0395. The maximum absolute atomic E-state index is 13.0. The molecule has 27 heavy (non-hydrogen) atoms. The molecule has 2 aliphatic rings. The molecule has 6 nitrogen and oxygen atoms in total. The zero-order valence-electron chi connectivity index (χ0n) is 15.8. The molecule has 0 radical (unpaired) electrons. The van der Waals surface area contributed by atoms with E-state index in [1.807, 2.05) is 0 Å². The highest BCUT2D eigenvalue weighted by molar-refractivity contribution is 6.32. The van der Waals surface area contributed by atoms with Crippen molar-refractivity contribution < 1.29 is 19.1 Å². The van der Waals surface area contributed by atoms with E-state index in [9.17, 15) is 9.59 Å². The van der Waals surface area contributed by atoms with Gasteiger partial charge in [-0.2, -0.15) is 0 Å². The molecule has 7 heteroatoms. The fourth-order valence-electron chi connectivity index (χ4n) is 3.45. The molecule has 0 aromatic heterocycles. The number of halogens is 1. The summed E-state index contributed by atoms with van der Waals surface area (Å²) in [5.74, 6) is 0.762. The van der Waals surface area contributed by atoms with Crippen LogP contribution in [0.2, 0.25) is 5.02 Å². The third-order valence-corrected chi connectivity index (χ3v) is 5.24. The Kier molecular flexibility index (Phi) is 6.83. The molecule has 2 aliphatic heterocycles. The van der Waals surface area contributed by atoms with E-state index in [1.165, 1.54) is 0 Å². The number of hydrogen-bond acceptors (Lipinski definition) is 4. The van der Waals surface area contributed by atoms with Gasteiger partial charge in [-0.1, -0.05) is 24.9 Å². The summed E-state index contributed by atoms with van der Waals surface area (Å²) in [6, 6.07) is 3.32. The number of carbonyl (C=O) groups excluding carboxylic acids is 2. The second-order valence-electron chi connectivity index (χ2n) is 7.07. The molecule has 0 spiro atoms. The van der Waals surface area contributed by atoms with E-state index in [1.54, 1.807) is 17.0 Å². The fourth-order valence-corrected chi connectivity index (χ4v) is 3.71. The van der Waals surface area contributed by atoms with Crippen molar-refractivity contribution in [3.8, 4) is 11.5 Å². The molecule has 1 atom stereocenters. The first-order chi connectivity index (χ1) is 13.1. The number of ether oxygens (including phenoxy) is 2. The molecule has 2 amide bonds. The Morgan fingerprint density at radius 3 is 2.89 bits per heavy atom. The van der Waals surface area contributed by atoms with E-state index in [-0.39, 0.29) is 17.7 Å². The first-order valence-corrected chi connectivity index (χ1v) is 10.1. The van der Waals surface area contributed by atoms with Crippen molar-refractivity contribution in [3.05, 3.63) is 22.7 Å². The predicted octanol–water partition coefficient (Wildman–Crippen LogP) is 3.27. The molecule has 1 N–H and O–H groups in total. The summed E-state index contributed by atoms with van der Waals surface area (Å²) in [5, 5.41) is 3.35. The van der Waals surface area contributed by atoms with Crippen molar-refractivity contribution in [2.75, 3.05) is 32.8 Å². The molecule has 0 bridgehead atoms. The number of piperidine rings is 1. The van der Waals surface area contributed by atoms with Crippen molar-refractivity contribution >= 4 is 23.4 Å². The quantitative estimate of drug-likeness (QED) is 0.778. The highest BCUT2D eigenvalue weighted by Gasteiger charge is 2.29. The lowest BCUT2D eigenvalue weighted by Crippen LogP contribution is -2.45. The Bertz CT molecular complexity index is 695. The van der Waals surface area contributed by atoms with Gasteiger partial charge in [-0.25, -0.2) is 0 Å². The van der Waals surface area contributed by atoms with E-state index in [2.05, 4.69) is 12.2 Å². The zero-order chi connectivity index (χ0) is 19.2. The van der Waals surface area contributed by atoms with Crippen LogP contribution < -0.4 is 14.8 Å². The molecule has 0 saturated carbocycles. The first kappa shape index (κ1) is 19.8.